The van der Waals surface area contributed by atoms with Crippen LogP contribution in [0, 0.1) is 17.2 Å². The molecule has 0 amide bonds. The Morgan fingerprint density at radius 1 is 1.45 bits per heavy atom. The van der Waals surface area contributed by atoms with Crippen LogP contribution in [0.1, 0.15) is 24.5 Å². The van der Waals surface area contributed by atoms with Gasteiger partial charge in [0, 0.05) is 19.1 Å². The van der Waals surface area contributed by atoms with Crippen LogP contribution in [0.5, 0.6) is 0 Å². The molecule has 0 bridgehead atoms. The zero-order valence-electron chi connectivity index (χ0n) is 11.5. The molecule has 20 heavy (non-hydrogen) atoms. The molecule has 2 unspecified atom stereocenters. The van der Waals surface area contributed by atoms with Crippen molar-refractivity contribution in [2.75, 3.05) is 13.1 Å². The average Bonchev–Trinajstić information content (AvgIpc) is 2.42. The third-order valence-electron chi connectivity index (χ3n) is 3.85. The van der Waals surface area contributed by atoms with Crippen LogP contribution in [0.25, 0.3) is 0 Å². The molecule has 108 valence electrons. The lowest BCUT2D eigenvalue weighted by molar-refractivity contribution is 0.252. The summed E-state index contributed by atoms with van der Waals surface area (Å²) in [5, 5.41) is 9.02. The molecule has 0 saturated carbocycles. The molecule has 1 heterocycles. The molecule has 0 radical (unpaired) electrons. The monoisotopic (exact) mass is 293 g/mol. The van der Waals surface area contributed by atoms with Gasteiger partial charge in [-0.3, -0.25) is 0 Å². The zero-order chi connectivity index (χ0) is 14.8. The molecule has 0 aromatic heterocycles. The Morgan fingerprint density at radius 3 is 2.80 bits per heavy atom. The Morgan fingerprint density at radius 2 is 2.15 bits per heavy atom. The van der Waals surface area contributed by atoms with Crippen LogP contribution < -0.4 is 5.73 Å². The van der Waals surface area contributed by atoms with Gasteiger partial charge >= 0.3 is 0 Å². The fourth-order valence-electron chi connectivity index (χ4n) is 2.36. The number of piperidine rings is 1. The summed E-state index contributed by atoms with van der Waals surface area (Å²) in [5.41, 5.74) is 6.91. The first kappa shape index (κ1) is 15.0. The number of nitrogens with zero attached hydrogens (tertiary/aromatic N) is 2. The molecule has 6 heteroatoms. The Balaban J connectivity index is 2.18. The quantitative estimate of drug-likeness (QED) is 0.902. The maximum absolute atomic E-state index is 12.4. The van der Waals surface area contributed by atoms with Gasteiger partial charge in [-0.2, -0.15) is 5.26 Å². The van der Waals surface area contributed by atoms with Crippen molar-refractivity contribution in [3.8, 4) is 6.07 Å². The van der Waals surface area contributed by atoms with Crippen molar-refractivity contribution in [2.45, 2.75) is 25.1 Å². The van der Waals surface area contributed by atoms with Crippen LogP contribution in [0.2, 0.25) is 0 Å². The van der Waals surface area contributed by atoms with Crippen LogP contribution in [-0.4, -0.2) is 31.9 Å². The lowest BCUT2D eigenvalue weighted by Gasteiger charge is -2.34. The fraction of sp³-hybridized carbons (Fsp3) is 0.500. The summed E-state index contributed by atoms with van der Waals surface area (Å²) in [5.74, 6) is 0.200. The first-order valence-corrected chi connectivity index (χ1v) is 8.26. The molecule has 1 aliphatic rings. The van der Waals surface area contributed by atoms with E-state index < -0.39 is 10.0 Å². The molecule has 2 rings (SSSR count). The van der Waals surface area contributed by atoms with Gasteiger partial charge in [0.05, 0.1) is 17.4 Å². The summed E-state index contributed by atoms with van der Waals surface area (Å²) in [4.78, 5) is 0. The maximum atomic E-state index is 12.4. The predicted molar refractivity (Wildman–Crippen MR) is 77.1 cm³/mol. The van der Waals surface area contributed by atoms with Crippen molar-refractivity contribution in [3.05, 3.63) is 35.4 Å². The van der Waals surface area contributed by atoms with E-state index in [4.69, 9.17) is 11.0 Å². The van der Waals surface area contributed by atoms with Gasteiger partial charge in [0.2, 0.25) is 10.0 Å². The van der Waals surface area contributed by atoms with Gasteiger partial charge < -0.3 is 5.73 Å². The third kappa shape index (κ3) is 3.18. The number of nitriles is 1. The molecule has 0 aliphatic carbocycles. The first-order valence-electron chi connectivity index (χ1n) is 6.65. The van der Waals surface area contributed by atoms with Crippen LogP contribution in [0.3, 0.4) is 0 Å². The summed E-state index contributed by atoms with van der Waals surface area (Å²) in [6.07, 6.45) is 0.778. The largest absolute Gasteiger partial charge is 0.326 e. The molecule has 1 saturated heterocycles. The normalized spacial score (nSPS) is 24.2. The Kier molecular flexibility index (Phi) is 4.43. The standard InChI is InChI=1S/C14H19N3O2S/c1-11-6-7-17(9-14(11)16)20(18,19)10-13-5-3-2-4-12(13)8-15/h2-5,11,14H,6-7,9-10,16H2,1H3. The molecule has 2 N–H and O–H groups in total. The third-order valence-corrected chi connectivity index (χ3v) is 5.64. The predicted octanol–water partition coefficient (Wildman–Crippen LogP) is 1.06. The van der Waals surface area contributed by atoms with E-state index in [1.165, 1.54) is 4.31 Å². The van der Waals surface area contributed by atoms with Gasteiger partial charge in [-0.25, -0.2) is 12.7 Å². The van der Waals surface area contributed by atoms with Crippen molar-refractivity contribution < 1.29 is 8.42 Å². The summed E-state index contributed by atoms with van der Waals surface area (Å²) >= 11 is 0. The van der Waals surface area contributed by atoms with E-state index in [1.807, 2.05) is 13.0 Å². The Hall–Kier alpha value is -1.42. The highest BCUT2D eigenvalue weighted by molar-refractivity contribution is 7.88. The van der Waals surface area contributed by atoms with Gasteiger partial charge in [-0.1, -0.05) is 25.1 Å². The van der Waals surface area contributed by atoms with Gasteiger partial charge in [0.25, 0.3) is 0 Å². The second-order valence-electron chi connectivity index (χ2n) is 5.31. The molecular weight excluding hydrogens is 274 g/mol. The van der Waals surface area contributed by atoms with E-state index in [0.29, 0.717) is 30.1 Å². The summed E-state index contributed by atoms with van der Waals surface area (Å²) in [6, 6.07) is 8.70. The number of nitrogens with two attached hydrogens (primary N) is 1. The lowest BCUT2D eigenvalue weighted by atomic mass is 9.96. The highest BCUT2D eigenvalue weighted by atomic mass is 32.2. The second kappa shape index (κ2) is 5.92. The van der Waals surface area contributed by atoms with Crippen molar-refractivity contribution >= 4 is 10.0 Å². The van der Waals surface area contributed by atoms with E-state index >= 15 is 0 Å². The lowest BCUT2D eigenvalue weighted by Crippen LogP contribution is -2.49. The molecule has 2 atom stereocenters. The minimum absolute atomic E-state index is 0.121. The smallest absolute Gasteiger partial charge is 0.218 e. The van der Waals surface area contributed by atoms with Crippen LogP contribution in [0.4, 0.5) is 0 Å². The summed E-state index contributed by atoms with van der Waals surface area (Å²) < 4.78 is 26.3. The number of hydrogen-bond donors (Lipinski definition) is 1. The highest BCUT2D eigenvalue weighted by Gasteiger charge is 2.31. The zero-order valence-corrected chi connectivity index (χ0v) is 12.3. The molecular formula is C14H19N3O2S. The Labute approximate surface area is 120 Å². The topological polar surface area (TPSA) is 87.2 Å². The second-order valence-corrected chi connectivity index (χ2v) is 7.28. The van der Waals surface area contributed by atoms with E-state index in [1.54, 1.807) is 24.3 Å². The maximum Gasteiger partial charge on any atom is 0.218 e. The SMILES string of the molecule is CC1CCN(S(=O)(=O)Cc2ccccc2C#N)CC1N. The highest BCUT2D eigenvalue weighted by Crippen LogP contribution is 2.21. The number of benzene rings is 1. The summed E-state index contributed by atoms with van der Waals surface area (Å²) in [6.45, 7) is 2.91. The van der Waals surface area contributed by atoms with Crippen molar-refractivity contribution in [1.82, 2.24) is 4.31 Å². The van der Waals surface area contributed by atoms with Crippen molar-refractivity contribution in [3.63, 3.8) is 0 Å². The van der Waals surface area contributed by atoms with Crippen LogP contribution in [0.15, 0.2) is 24.3 Å². The molecule has 1 aromatic carbocycles. The Bertz CT molecular complexity index is 622. The number of rotatable bonds is 3. The van der Waals surface area contributed by atoms with Crippen molar-refractivity contribution in [2.24, 2.45) is 11.7 Å². The minimum Gasteiger partial charge on any atom is -0.326 e. The van der Waals surface area contributed by atoms with E-state index in [0.717, 1.165) is 6.42 Å². The first-order chi connectivity index (χ1) is 9.44. The average molecular weight is 293 g/mol. The molecule has 0 spiro atoms. The fourth-order valence-corrected chi connectivity index (χ4v) is 3.97. The van der Waals surface area contributed by atoms with Gasteiger partial charge in [0.1, 0.15) is 0 Å². The summed E-state index contributed by atoms with van der Waals surface area (Å²) in [7, 11) is -3.42. The van der Waals surface area contributed by atoms with Crippen molar-refractivity contribution in [1.29, 1.82) is 5.26 Å². The minimum atomic E-state index is -3.42. The van der Waals surface area contributed by atoms with Gasteiger partial charge in [-0.05, 0) is 24.0 Å². The molecule has 5 nitrogen and oxygen atoms in total. The van der Waals surface area contributed by atoms with Crippen LogP contribution >= 0.6 is 0 Å². The van der Waals surface area contributed by atoms with E-state index in [9.17, 15) is 8.42 Å². The number of hydrogen-bond acceptors (Lipinski definition) is 4. The van der Waals surface area contributed by atoms with Gasteiger partial charge in [-0.15, -0.1) is 0 Å². The van der Waals surface area contributed by atoms with E-state index in [-0.39, 0.29) is 11.8 Å². The van der Waals surface area contributed by atoms with Crippen LogP contribution in [-0.2, 0) is 15.8 Å². The molecule has 1 aromatic rings. The van der Waals surface area contributed by atoms with Gasteiger partial charge in [0.15, 0.2) is 0 Å². The van der Waals surface area contributed by atoms with E-state index in [2.05, 4.69) is 0 Å². The number of sulfonamides is 1. The molecule has 1 aliphatic heterocycles. The molecule has 1 fully saturated rings.